The van der Waals surface area contributed by atoms with E-state index in [1.54, 1.807) is 0 Å². The monoisotopic (exact) mass is 448 g/mol. The number of nitrogens with zero attached hydrogens (tertiary/aromatic N) is 2. The molecule has 1 N–H and O–H groups in total. The summed E-state index contributed by atoms with van der Waals surface area (Å²) in [5.41, 5.74) is 0. The first-order valence-electron chi connectivity index (χ1n) is 9.48. The molecule has 0 rings (SSSR count). The number of carbonyl (C=O) groups is 2. The van der Waals surface area contributed by atoms with Crippen molar-refractivity contribution in [3.05, 3.63) is 0 Å². The molecule has 1 atom stereocenters. The van der Waals surface area contributed by atoms with Crippen LogP contribution in [0.2, 0.25) is 0 Å². The van der Waals surface area contributed by atoms with Gasteiger partial charge in [-0.2, -0.15) is 28.8 Å². The normalized spacial score (nSPS) is 9.74. The zero-order valence-corrected chi connectivity index (χ0v) is 18.5. The molecule has 0 bridgehead atoms. The van der Waals surface area contributed by atoms with Gasteiger partial charge in [0.05, 0.1) is 13.5 Å². The van der Waals surface area contributed by atoms with Crippen molar-refractivity contribution in [3.63, 3.8) is 0 Å². The molecule has 12 nitrogen and oxygen atoms in total. The zero-order valence-electron chi connectivity index (χ0n) is 18.5. The number of hydrogen-bond donors (Lipinski definition) is 1. The van der Waals surface area contributed by atoms with Gasteiger partial charge in [-0.1, -0.05) is 20.8 Å². The van der Waals surface area contributed by atoms with E-state index in [0.717, 1.165) is 32.4 Å². The molecule has 178 valence electrons. The first kappa shape index (κ1) is 35.4. The van der Waals surface area contributed by atoms with Crippen LogP contribution < -0.4 is 0 Å². The van der Waals surface area contributed by atoms with Crippen molar-refractivity contribution in [1.82, 2.24) is 9.80 Å². The van der Waals surface area contributed by atoms with Crippen LogP contribution in [0.3, 0.4) is 0 Å². The number of esters is 1. The van der Waals surface area contributed by atoms with Gasteiger partial charge in [0, 0.05) is 13.1 Å². The highest BCUT2D eigenvalue weighted by Crippen LogP contribution is 2.08. The van der Waals surface area contributed by atoms with Crippen molar-refractivity contribution in [2.45, 2.75) is 52.5 Å². The van der Waals surface area contributed by atoms with Crippen LogP contribution in [0, 0.1) is 0 Å². The van der Waals surface area contributed by atoms with E-state index in [4.69, 9.17) is 28.8 Å². The summed E-state index contributed by atoms with van der Waals surface area (Å²) in [6.07, 6.45) is 3.83. The molecule has 0 saturated carbocycles. The summed E-state index contributed by atoms with van der Waals surface area (Å²) in [4.78, 5) is 75.9. The van der Waals surface area contributed by atoms with E-state index in [2.05, 4.69) is 23.5 Å². The van der Waals surface area contributed by atoms with Crippen molar-refractivity contribution in [2.24, 2.45) is 0 Å². The summed E-state index contributed by atoms with van der Waals surface area (Å²) in [5.74, 6) is -1.13. The maximum absolute atomic E-state index is 11.7. The lowest BCUT2D eigenvalue weighted by Crippen LogP contribution is -2.50. The van der Waals surface area contributed by atoms with Crippen LogP contribution in [0.1, 0.15) is 46.5 Å². The lowest BCUT2D eigenvalue weighted by atomic mass is 10.2. The third-order valence-corrected chi connectivity index (χ3v) is 3.58. The SMILES string of the molecule is CCCN(CCC)C[C@@H](C(=O)O)N(CCC)CCC(=O)OC.O=C=O.O=C=O.O=C=O. The van der Waals surface area contributed by atoms with Gasteiger partial charge in [-0.25, -0.2) is 0 Å². The molecule has 31 heavy (non-hydrogen) atoms. The fourth-order valence-electron chi connectivity index (χ4n) is 2.57. The second kappa shape index (κ2) is 29.2. The van der Waals surface area contributed by atoms with E-state index < -0.39 is 12.0 Å². The highest BCUT2D eigenvalue weighted by molar-refractivity contribution is 5.74. The van der Waals surface area contributed by atoms with Crippen molar-refractivity contribution in [3.8, 4) is 0 Å². The van der Waals surface area contributed by atoms with Crippen LogP contribution in [0.5, 0.6) is 0 Å². The maximum Gasteiger partial charge on any atom is 0.373 e. The second-order valence-corrected chi connectivity index (χ2v) is 5.77. The van der Waals surface area contributed by atoms with Gasteiger partial charge in [0.1, 0.15) is 6.04 Å². The van der Waals surface area contributed by atoms with E-state index in [1.165, 1.54) is 7.11 Å². The molecule has 0 aliphatic carbocycles. The molecule has 0 unspecified atom stereocenters. The third-order valence-electron chi connectivity index (χ3n) is 3.58. The number of aliphatic carboxylic acids is 1. The molecule has 0 aromatic carbocycles. The number of methoxy groups -OCH3 is 1. The molecule has 0 heterocycles. The standard InChI is InChI=1S/C16H32N2O4.3CO2/c1-5-9-17(10-6-2)13-14(16(20)21)18(11-7-3)12-8-15(19)22-4;3*2-1-3/h14H,5-13H2,1-4H3,(H,20,21);;;/t14-;;;/m0.../s1. The highest BCUT2D eigenvalue weighted by atomic mass is 16.5. The molecule has 12 heteroatoms. The van der Waals surface area contributed by atoms with Crippen LogP contribution >= 0.6 is 0 Å². The Morgan fingerprint density at radius 2 is 1.19 bits per heavy atom. The molecule has 0 fully saturated rings. The minimum absolute atomic E-state index is 0.224. The molecule has 0 aliphatic heterocycles. The predicted octanol–water partition coefficient (Wildman–Crippen LogP) is 0.0862. The summed E-state index contributed by atoms with van der Waals surface area (Å²) in [6.45, 7) is 9.59. The Morgan fingerprint density at radius 1 is 0.806 bits per heavy atom. The van der Waals surface area contributed by atoms with Gasteiger partial charge >= 0.3 is 30.4 Å². The number of carboxylic acid groups (broad SMARTS) is 1. The van der Waals surface area contributed by atoms with Gasteiger partial charge in [-0.05, 0) is 38.9 Å². The van der Waals surface area contributed by atoms with Gasteiger partial charge in [0.15, 0.2) is 0 Å². The lowest BCUT2D eigenvalue weighted by Gasteiger charge is -2.32. The summed E-state index contributed by atoms with van der Waals surface area (Å²) in [7, 11) is 1.35. The Balaban J connectivity index is -0.000000344. The first-order valence-corrected chi connectivity index (χ1v) is 9.48. The average Bonchev–Trinajstić information content (AvgIpc) is 2.71. The van der Waals surface area contributed by atoms with Gasteiger partial charge < -0.3 is 14.7 Å². The van der Waals surface area contributed by atoms with Gasteiger partial charge in [0.25, 0.3) is 0 Å². The Labute approximate surface area is 181 Å². The number of hydrogen-bond acceptors (Lipinski definition) is 11. The maximum atomic E-state index is 11.7. The highest BCUT2D eigenvalue weighted by Gasteiger charge is 2.27. The van der Waals surface area contributed by atoms with Crippen molar-refractivity contribution >= 4 is 30.4 Å². The topological polar surface area (TPSA) is 172 Å². The molecule has 0 saturated heterocycles. The number of rotatable bonds is 13. The van der Waals surface area contributed by atoms with E-state index >= 15 is 0 Å². The number of ether oxygens (including phenoxy) is 1. The predicted molar refractivity (Wildman–Crippen MR) is 102 cm³/mol. The Bertz CT molecular complexity index is 515. The third kappa shape index (κ3) is 27.0. The van der Waals surface area contributed by atoms with E-state index in [1.807, 2.05) is 11.8 Å². The van der Waals surface area contributed by atoms with Crippen LogP contribution in [0.15, 0.2) is 0 Å². The molecule has 0 amide bonds. The Morgan fingerprint density at radius 3 is 1.48 bits per heavy atom. The van der Waals surface area contributed by atoms with Crippen molar-refractivity contribution in [1.29, 1.82) is 0 Å². The summed E-state index contributed by atoms with van der Waals surface area (Å²) < 4.78 is 4.65. The number of carboxylic acids is 1. The first-order chi connectivity index (χ1) is 14.7. The summed E-state index contributed by atoms with van der Waals surface area (Å²) >= 11 is 0. The minimum atomic E-state index is -0.824. The largest absolute Gasteiger partial charge is 0.480 e. The van der Waals surface area contributed by atoms with E-state index in [9.17, 15) is 14.7 Å². The Hall–Kier alpha value is -3.00. The fraction of sp³-hybridized carbons (Fsp3) is 0.737. The molecular formula is C19H32N2O10. The van der Waals surface area contributed by atoms with Crippen LogP contribution in [-0.4, -0.2) is 91.2 Å². The summed E-state index contributed by atoms with van der Waals surface area (Å²) in [5, 5.41) is 9.59. The van der Waals surface area contributed by atoms with E-state index in [-0.39, 0.29) is 30.8 Å². The van der Waals surface area contributed by atoms with Crippen molar-refractivity contribution in [2.75, 3.05) is 39.8 Å². The van der Waals surface area contributed by atoms with Gasteiger partial charge in [0.2, 0.25) is 0 Å². The van der Waals surface area contributed by atoms with Crippen LogP contribution in [0.25, 0.3) is 0 Å². The number of carbonyl (C=O) groups excluding carboxylic acids is 7. The lowest BCUT2D eigenvalue weighted by molar-refractivity contribution is -0.193. The Kier molecular flexibility index (Phi) is 33.4. The smallest absolute Gasteiger partial charge is 0.373 e. The minimum Gasteiger partial charge on any atom is -0.480 e. The zero-order chi connectivity index (χ0) is 25.1. The molecule has 0 aromatic rings. The van der Waals surface area contributed by atoms with Crippen LogP contribution in [-0.2, 0) is 43.1 Å². The van der Waals surface area contributed by atoms with Gasteiger partial charge in [-0.15, -0.1) is 0 Å². The van der Waals surface area contributed by atoms with Crippen LogP contribution in [0.4, 0.5) is 0 Å². The van der Waals surface area contributed by atoms with E-state index in [0.29, 0.717) is 19.6 Å². The summed E-state index contributed by atoms with van der Waals surface area (Å²) in [6, 6.07) is -0.581. The quantitative estimate of drug-likeness (QED) is 0.377. The van der Waals surface area contributed by atoms with Crippen molar-refractivity contribution < 1.29 is 48.2 Å². The molecule has 0 radical (unpaired) electrons. The second-order valence-electron chi connectivity index (χ2n) is 5.77. The fourth-order valence-corrected chi connectivity index (χ4v) is 2.57. The molecule has 0 aliphatic rings. The molecule has 0 spiro atoms. The molecular weight excluding hydrogens is 416 g/mol. The van der Waals surface area contributed by atoms with Gasteiger partial charge in [-0.3, -0.25) is 14.5 Å². The molecule has 0 aromatic heterocycles. The average molecular weight is 448 g/mol.